The van der Waals surface area contributed by atoms with Crippen LogP contribution in [-0.2, 0) is 20.8 Å². The molecule has 0 unspecified atom stereocenters. The Balaban J connectivity index is 0.000000956. The van der Waals surface area contributed by atoms with Gasteiger partial charge >= 0.3 is 18.1 Å². The molecule has 12 heteroatoms. The third-order valence-electron chi connectivity index (χ3n) is 2.99. The minimum atomic E-state index is -5.08. The molecule has 0 aliphatic heterocycles. The lowest BCUT2D eigenvalue weighted by Gasteiger charge is -2.06. The molecule has 160 valence electrons. The maximum absolute atomic E-state index is 11.7. The zero-order chi connectivity index (χ0) is 22.3. The van der Waals surface area contributed by atoms with Gasteiger partial charge in [0.25, 0.3) is 0 Å². The first-order chi connectivity index (χ1) is 13.6. The molecule has 1 aromatic rings. The number of nitrogens with one attached hydrogen (secondary N) is 1. The first kappa shape index (κ1) is 26.6. The van der Waals surface area contributed by atoms with E-state index in [0.29, 0.717) is 30.7 Å². The van der Waals surface area contributed by atoms with Crippen LogP contribution < -0.4 is 5.32 Å². The number of rotatable bonds is 10. The molecule has 0 bridgehead atoms. The number of carbonyl (C=O) groups excluding carboxylic acids is 1. The van der Waals surface area contributed by atoms with Crippen molar-refractivity contribution < 1.29 is 37.8 Å². The van der Waals surface area contributed by atoms with Crippen LogP contribution in [0.5, 0.6) is 0 Å². The minimum absolute atomic E-state index is 0.0381. The van der Waals surface area contributed by atoms with Crippen molar-refractivity contribution in [2.75, 3.05) is 18.1 Å². The zero-order valence-corrected chi connectivity index (χ0v) is 16.7. The molecule has 0 radical (unpaired) electrons. The van der Waals surface area contributed by atoms with Crippen LogP contribution in [0.4, 0.5) is 13.2 Å². The van der Waals surface area contributed by atoms with Gasteiger partial charge in [0.15, 0.2) is 0 Å². The van der Waals surface area contributed by atoms with Gasteiger partial charge in [-0.05, 0) is 18.1 Å². The number of hydrogen-bond acceptors (Lipinski definition) is 6. The Labute approximate surface area is 173 Å². The van der Waals surface area contributed by atoms with Gasteiger partial charge in [-0.15, -0.1) is 0 Å². The molecule has 0 fully saturated rings. The van der Waals surface area contributed by atoms with Crippen molar-refractivity contribution in [1.82, 2.24) is 5.32 Å². The van der Waals surface area contributed by atoms with Gasteiger partial charge in [-0.1, -0.05) is 39.8 Å². The molecule has 29 heavy (non-hydrogen) atoms. The van der Waals surface area contributed by atoms with E-state index in [-0.39, 0.29) is 12.3 Å². The number of amides is 1. The van der Waals surface area contributed by atoms with Crippen molar-refractivity contribution in [3.8, 4) is 6.07 Å². The molecule has 1 rings (SSSR count). The number of halogens is 3. The Morgan fingerprint density at radius 2 is 1.66 bits per heavy atom. The number of nitrogens with zero attached hydrogens (tertiary/aromatic N) is 1. The lowest BCUT2D eigenvalue weighted by atomic mass is 10.0. The number of benzene rings is 1. The van der Waals surface area contributed by atoms with E-state index >= 15 is 0 Å². The highest BCUT2D eigenvalue weighted by molar-refractivity contribution is 8.76. The van der Waals surface area contributed by atoms with Crippen molar-refractivity contribution in [3.63, 3.8) is 0 Å². The highest BCUT2D eigenvalue weighted by atomic mass is 33.1. The van der Waals surface area contributed by atoms with E-state index in [1.54, 1.807) is 22.9 Å². The van der Waals surface area contributed by atoms with Gasteiger partial charge in [-0.2, -0.15) is 18.4 Å². The topological polar surface area (TPSA) is 127 Å². The molecule has 0 aliphatic carbocycles. The summed E-state index contributed by atoms with van der Waals surface area (Å²) in [5.74, 6) is -2.28. The lowest BCUT2D eigenvalue weighted by Crippen LogP contribution is -2.25. The fourth-order valence-electron chi connectivity index (χ4n) is 1.66. The number of aliphatic carboxylic acids is 2. The van der Waals surface area contributed by atoms with E-state index in [0.717, 1.165) is 11.3 Å². The zero-order valence-electron chi connectivity index (χ0n) is 15.1. The van der Waals surface area contributed by atoms with E-state index in [2.05, 4.69) is 11.4 Å². The summed E-state index contributed by atoms with van der Waals surface area (Å²) in [5, 5.41) is 27.4. The third-order valence-corrected chi connectivity index (χ3v) is 5.40. The molecule has 0 atom stereocenters. The van der Waals surface area contributed by atoms with Crippen molar-refractivity contribution in [2.24, 2.45) is 0 Å². The second kappa shape index (κ2) is 14.6. The summed E-state index contributed by atoms with van der Waals surface area (Å²) in [4.78, 5) is 30.9. The van der Waals surface area contributed by atoms with E-state index in [1.807, 2.05) is 12.1 Å². The number of carbonyl (C=O) groups is 3. The van der Waals surface area contributed by atoms with Crippen molar-refractivity contribution in [3.05, 3.63) is 35.4 Å². The van der Waals surface area contributed by atoms with Crippen molar-refractivity contribution in [1.29, 1.82) is 5.26 Å². The summed E-state index contributed by atoms with van der Waals surface area (Å²) in [7, 11) is 3.05. The number of hydrogen-bond donors (Lipinski definition) is 3. The van der Waals surface area contributed by atoms with Gasteiger partial charge in [-0.3, -0.25) is 9.59 Å². The second-order valence-electron chi connectivity index (χ2n) is 5.21. The Hall–Kier alpha value is -2.39. The monoisotopic (exact) mass is 452 g/mol. The van der Waals surface area contributed by atoms with E-state index in [9.17, 15) is 22.8 Å². The molecule has 7 nitrogen and oxygen atoms in total. The number of carboxylic acids is 2. The molecule has 1 aromatic carbocycles. The molecule has 3 N–H and O–H groups in total. The minimum Gasteiger partial charge on any atom is -0.481 e. The van der Waals surface area contributed by atoms with Crippen molar-refractivity contribution >= 4 is 39.4 Å². The Kier molecular flexibility index (Phi) is 13.4. The fraction of sp³-hybridized carbons (Fsp3) is 0.412. The largest absolute Gasteiger partial charge is 0.490 e. The molecule has 0 spiro atoms. The van der Waals surface area contributed by atoms with Crippen LogP contribution in [0.1, 0.15) is 24.0 Å². The number of aryl methyl sites for hydroxylation is 1. The summed E-state index contributed by atoms with van der Waals surface area (Å²) in [6.07, 6.45) is -4.02. The molecular weight excluding hydrogens is 433 g/mol. The van der Waals surface area contributed by atoms with Gasteiger partial charge in [0.2, 0.25) is 5.91 Å². The standard InChI is InChI=1S/C15H18N2O3S2.C2HF3O2/c16-11-13-4-2-1-3-12(13)5-6-14(18)17-8-10-22-21-9-7-15(19)20;3-2(4,5)1(6)7/h1-4H,5-10H2,(H,17,18)(H,19,20);(H,6,7). The highest BCUT2D eigenvalue weighted by Gasteiger charge is 2.38. The van der Waals surface area contributed by atoms with E-state index in [4.69, 9.17) is 20.3 Å². The van der Waals surface area contributed by atoms with Crippen LogP contribution in [0.3, 0.4) is 0 Å². The summed E-state index contributed by atoms with van der Waals surface area (Å²) in [6, 6.07) is 9.40. The van der Waals surface area contributed by atoms with Crippen LogP contribution in [0.25, 0.3) is 0 Å². The summed E-state index contributed by atoms with van der Waals surface area (Å²) in [5.41, 5.74) is 1.50. The number of alkyl halides is 3. The van der Waals surface area contributed by atoms with Gasteiger partial charge in [0.05, 0.1) is 18.1 Å². The molecule has 0 aromatic heterocycles. The maximum atomic E-state index is 11.7. The van der Waals surface area contributed by atoms with Crippen molar-refractivity contribution in [2.45, 2.75) is 25.4 Å². The quantitative estimate of drug-likeness (QED) is 0.365. The first-order valence-electron chi connectivity index (χ1n) is 8.09. The predicted octanol–water partition coefficient (Wildman–Crippen LogP) is 3.10. The molecule has 0 aliphatic rings. The fourth-order valence-corrected chi connectivity index (χ4v) is 3.55. The average Bonchev–Trinajstić information content (AvgIpc) is 2.65. The Morgan fingerprint density at radius 3 is 2.21 bits per heavy atom. The van der Waals surface area contributed by atoms with Crippen LogP contribution >= 0.6 is 21.6 Å². The number of carboxylic acid groups (broad SMARTS) is 2. The Morgan fingerprint density at radius 1 is 1.07 bits per heavy atom. The molecule has 0 saturated carbocycles. The van der Waals surface area contributed by atoms with Gasteiger partial charge in [-0.25, -0.2) is 4.79 Å². The van der Waals surface area contributed by atoms with Gasteiger partial charge in [0.1, 0.15) is 0 Å². The lowest BCUT2D eigenvalue weighted by molar-refractivity contribution is -0.192. The SMILES string of the molecule is N#Cc1ccccc1CCC(=O)NCCSSCCC(=O)O.O=C(O)C(F)(F)F. The summed E-state index contributed by atoms with van der Waals surface area (Å²) < 4.78 is 31.7. The summed E-state index contributed by atoms with van der Waals surface area (Å²) in [6.45, 7) is 0.559. The van der Waals surface area contributed by atoms with Crippen LogP contribution in [0.2, 0.25) is 0 Å². The molecular formula is C17H19F3N2O5S2. The highest BCUT2D eigenvalue weighted by Crippen LogP contribution is 2.21. The summed E-state index contributed by atoms with van der Waals surface area (Å²) >= 11 is 0. The number of nitriles is 1. The van der Waals surface area contributed by atoms with E-state index in [1.165, 1.54) is 10.8 Å². The van der Waals surface area contributed by atoms with Gasteiger partial charge < -0.3 is 15.5 Å². The Bertz CT molecular complexity index is 724. The average molecular weight is 452 g/mol. The van der Waals surface area contributed by atoms with Crippen LogP contribution in [0.15, 0.2) is 24.3 Å². The molecule has 1 amide bonds. The second-order valence-corrected chi connectivity index (χ2v) is 7.91. The maximum Gasteiger partial charge on any atom is 0.490 e. The third kappa shape index (κ3) is 14.3. The molecule has 0 heterocycles. The normalized spacial score (nSPS) is 10.3. The predicted molar refractivity (Wildman–Crippen MR) is 103 cm³/mol. The van der Waals surface area contributed by atoms with Gasteiger partial charge in [0, 0.05) is 24.5 Å². The molecule has 0 saturated heterocycles. The van der Waals surface area contributed by atoms with Crippen LogP contribution in [-0.4, -0.2) is 52.3 Å². The smallest absolute Gasteiger partial charge is 0.481 e. The van der Waals surface area contributed by atoms with E-state index < -0.39 is 18.1 Å². The first-order valence-corrected chi connectivity index (χ1v) is 10.6. The van der Waals surface area contributed by atoms with Crippen LogP contribution in [0, 0.1) is 11.3 Å².